The first-order valence-electron chi connectivity index (χ1n) is 1.13. The zero-order valence-corrected chi connectivity index (χ0v) is 2.31. The molecule has 0 heterocycles. The fourth-order valence-electron chi connectivity index (χ4n) is 0. The summed E-state index contributed by atoms with van der Waals surface area (Å²) in [6.07, 6.45) is 0. The van der Waals surface area contributed by atoms with Gasteiger partial charge >= 0.3 is 51.4 Å². The standard InChI is InChI=1S/C2H6O2.K.H/c3-1-2-4;;/h3-4H,1-2H2;;. The van der Waals surface area contributed by atoms with Crippen molar-refractivity contribution in [1.82, 2.24) is 0 Å². The fraction of sp³-hybridized carbons (Fsp3) is 1.00. The first-order chi connectivity index (χ1) is 1.91. The van der Waals surface area contributed by atoms with Crippen molar-refractivity contribution >= 4 is 51.4 Å². The van der Waals surface area contributed by atoms with Crippen molar-refractivity contribution in [3.8, 4) is 0 Å². The molecule has 2 nitrogen and oxygen atoms in total. The van der Waals surface area contributed by atoms with Gasteiger partial charge in [-0.3, -0.25) is 0 Å². The average Bonchev–Trinajstić information content (AvgIpc) is 1.37. The van der Waals surface area contributed by atoms with Gasteiger partial charge in [-0.15, -0.1) is 0 Å². The summed E-state index contributed by atoms with van der Waals surface area (Å²) in [5, 5.41) is 15.2. The molecule has 0 aromatic heterocycles. The number of aliphatic hydroxyl groups is 2. The minimum atomic E-state index is -0.125. The second-order valence-corrected chi connectivity index (χ2v) is 0.447. The summed E-state index contributed by atoms with van der Waals surface area (Å²) in [5.74, 6) is 0. The molecule has 0 radical (unpaired) electrons. The molecule has 3 heteroatoms. The first-order valence-corrected chi connectivity index (χ1v) is 1.13. The molecule has 0 aliphatic rings. The van der Waals surface area contributed by atoms with E-state index in [-0.39, 0.29) is 64.6 Å². The van der Waals surface area contributed by atoms with Gasteiger partial charge in [0, 0.05) is 0 Å². The molecule has 0 aliphatic heterocycles. The van der Waals surface area contributed by atoms with Crippen molar-refractivity contribution < 1.29 is 10.2 Å². The zero-order chi connectivity index (χ0) is 3.41. The Bertz CT molecular complexity index is 9.61. The van der Waals surface area contributed by atoms with Crippen LogP contribution >= 0.6 is 0 Å². The van der Waals surface area contributed by atoms with Gasteiger partial charge in [-0.05, 0) is 0 Å². The van der Waals surface area contributed by atoms with Gasteiger partial charge in [0.15, 0.2) is 0 Å². The van der Waals surface area contributed by atoms with Crippen molar-refractivity contribution in [2.45, 2.75) is 0 Å². The second-order valence-electron chi connectivity index (χ2n) is 0.447. The quantitative estimate of drug-likeness (QED) is 0.388. The molecule has 0 rings (SSSR count). The minimum absolute atomic E-state index is 0. The molecule has 0 aromatic carbocycles. The van der Waals surface area contributed by atoms with Gasteiger partial charge < -0.3 is 10.2 Å². The summed E-state index contributed by atoms with van der Waals surface area (Å²) in [4.78, 5) is 0. The van der Waals surface area contributed by atoms with Crippen LogP contribution in [0.5, 0.6) is 0 Å². The van der Waals surface area contributed by atoms with E-state index in [0.29, 0.717) is 0 Å². The molecule has 0 aliphatic carbocycles. The fourth-order valence-corrected chi connectivity index (χ4v) is 0. The van der Waals surface area contributed by atoms with Gasteiger partial charge in [0.25, 0.3) is 0 Å². The van der Waals surface area contributed by atoms with Crippen LogP contribution in [0.3, 0.4) is 0 Å². The summed E-state index contributed by atoms with van der Waals surface area (Å²) in [7, 11) is 0. The van der Waals surface area contributed by atoms with E-state index in [1.807, 2.05) is 0 Å². The van der Waals surface area contributed by atoms with Crippen LogP contribution < -0.4 is 0 Å². The maximum atomic E-state index is 7.62. The molecule has 0 bridgehead atoms. The Morgan fingerprint density at radius 2 is 1.20 bits per heavy atom. The molecular formula is C2H7KO2. The second kappa shape index (κ2) is 9.12. The number of hydrogen-bond donors (Lipinski definition) is 2. The van der Waals surface area contributed by atoms with Crippen LogP contribution in [0.15, 0.2) is 0 Å². The predicted octanol–water partition coefficient (Wildman–Crippen LogP) is -1.68. The molecule has 0 aromatic rings. The molecule has 0 spiro atoms. The monoisotopic (exact) mass is 102 g/mol. The van der Waals surface area contributed by atoms with Crippen molar-refractivity contribution in [3.05, 3.63) is 0 Å². The third-order valence-electron chi connectivity index (χ3n) is 0.1000. The van der Waals surface area contributed by atoms with Gasteiger partial charge in [-0.2, -0.15) is 0 Å². The van der Waals surface area contributed by atoms with Crippen molar-refractivity contribution in [2.24, 2.45) is 0 Å². The summed E-state index contributed by atoms with van der Waals surface area (Å²) in [5.41, 5.74) is 0. The summed E-state index contributed by atoms with van der Waals surface area (Å²) in [6.45, 7) is -0.250. The van der Waals surface area contributed by atoms with Crippen LogP contribution in [0.4, 0.5) is 0 Å². The van der Waals surface area contributed by atoms with Gasteiger partial charge in [0.05, 0.1) is 13.2 Å². The SMILES string of the molecule is OCCO.[KH]. The number of hydrogen-bond acceptors (Lipinski definition) is 2. The average molecular weight is 102 g/mol. The molecule has 0 unspecified atom stereocenters. The van der Waals surface area contributed by atoms with Gasteiger partial charge in [0.2, 0.25) is 0 Å². The Kier molecular flexibility index (Phi) is 17.8. The molecule has 0 amide bonds. The Morgan fingerprint density at radius 3 is 1.20 bits per heavy atom. The van der Waals surface area contributed by atoms with E-state index in [9.17, 15) is 0 Å². The molecule has 28 valence electrons. The predicted molar refractivity (Wildman–Crippen MR) is 21.3 cm³/mol. The van der Waals surface area contributed by atoms with E-state index in [4.69, 9.17) is 10.2 Å². The first kappa shape index (κ1) is 9.75. The normalized spacial score (nSPS) is 6.00. The molecular weight excluding hydrogens is 95.1 g/mol. The molecule has 5 heavy (non-hydrogen) atoms. The van der Waals surface area contributed by atoms with E-state index in [1.54, 1.807) is 0 Å². The summed E-state index contributed by atoms with van der Waals surface area (Å²) < 4.78 is 0. The van der Waals surface area contributed by atoms with Crippen LogP contribution in [-0.2, 0) is 0 Å². The van der Waals surface area contributed by atoms with E-state index >= 15 is 0 Å². The zero-order valence-electron chi connectivity index (χ0n) is 2.31. The Morgan fingerprint density at radius 1 is 1.00 bits per heavy atom. The molecule has 0 saturated carbocycles. The van der Waals surface area contributed by atoms with E-state index in [1.165, 1.54) is 0 Å². The van der Waals surface area contributed by atoms with Crippen LogP contribution in [0.1, 0.15) is 0 Å². The van der Waals surface area contributed by atoms with E-state index in [2.05, 4.69) is 0 Å². The van der Waals surface area contributed by atoms with Crippen LogP contribution in [0.25, 0.3) is 0 Å². The third-order valence-corrected chi connectivity index (χ3v) is 0.1000. The van der Waals surface area contributed by atoms with E-state index < -0.39 is 0 Å². The maximum absolute atomic E-state index is 7.62. The Labute approximate surface area is 73.6 Å². The van der Waals surface area contributed by atoms with Crippen molar-refractivity contribution in [1.29, 1.82) is 0 Å². The van der Waals surface area contributed by atoms with E-state index in [0.717, 1.165) is 0 Å². The number of aliphatic hydroxyl groups excluding tert-OH is 2. The molecule has 0 fully saturated rings. The summed E-state index contributed by atoms with van der Waals surface area (Å²) >= 11 is 0. The van der Waals surface area contributed by atoms with Crippen LogP contribution in [-0.4, -0.2) is 74.8 Å². The molecule has 0 atom stereocenters. The van der Waals surface area contributed by atoms with Gasteiger partial charge in [0.1, 0.15) is 0 Å². The Hall–Kier alpha value is 1.56. The van der Waals surface area contributed by atoms with Gasteiger partial charge in [-0.25, -0.2) is 0 Å². The van der Waals surface area contributed by atoms with Crippen molar-refractivity contribution in [2.75, 3.05) is 13.2 Å². The molecule has 2 N–H and O–H groups in total. The van der Waals surface area contributed by atoms with Gasteiger partial charge in [-0.1, -0.05) is 0 Å². The summed E-state index contributed by atoms with van der Waals surface area (Å²) in [6, 6.07) is 0. The topological polar surface area (TPSA) is 40.5 Å². The number of rotatable bonds is 1. The Balaban J connectivity index is 0. The van der Waals surface area contributed by atoms with Crippen molar-refractivity contribution in [3.63, 3.8) is 0 Å². The van der Waals surface area contributed by atoms with Crippen LogP contribution in [0.2, 0.25) is 0 Å². The molecule has 0 saturated heterocycles. The third kappa shape index (κ3) is 10.8. The van der Waals surface area contributed by atoms with Crippen LogP contribution in [0, 0.1) is 0 Å².